The Morgan fingerprint density at radius 2 is 2.20 bits per heavy atom. The van der Waals surface area contributed by atoms with Crippen LogP contribution < -0.4 is 0 Å². The van der Waals surface area contributed by atoms with E-state index < -0.39 is 0 Å². The number of aromatic nitrogens is 2. The zero-order valence-electron chi connectivity index (χ0n) is 9.15. The molecule has 1 aliphatic heterocycles. The fourth-order valence-electron chi connectivity index (χ4n) is 2.05. The average molecular weight is 207 g/mol. The van der Waals surface area contributed by atoms with Crippen molar-refractivity contribution >= 4 is 6.29 Å². The summed E-state index contributed by atoms with van der Waals surface area (Å²) in [6, 6.07) is 1.88. The third kappa shape index (κ3) is 2.45. The standard InChI is InChI=1S/C11H17N3O/c1-13-11(9-15)8-10(12-13)4-7-14-5-2-3-6-14/h8-9H,2-7H2,1H3. The lowest BCUT2D eigenvalue weighted by Crippen LogP contribution is -2.22. The molecule has 1 saturated heterocycles. The second kappa shape index (κ2) is 4.57. The van der Waals surface area contributed by atoms with Crippen molar-refractivity contribution in [2.45, 2.75) is 19.3 Å². The van der Waals surface area contributed by atoms with E-state index in [1.165, 1.54) is 25.9 Å². The molecule has 1 fully saturated rings. The van der Waals surface area contributed by atoms with Crippen molar-refractivity contribution < 1.29 is 4.79 Å². The van der Waals surface area contributed by atoms with E-state index >= 15 is 0 Å². The molecule has 15 heavy (non-hydrogen) atoms. The van der Waals surface area contributed by atoms with Crippen LogP contribution in [0.3, 0.4) is 0 Å². The van der Waals surface area contributed by atoms with Gasteiger partial charge in [-0.25, -0.2) is 0 Å². The zero-order chi connectivity index (χ0) is 10.7. The summed E-state index contributed by atoms with van der Waals surface area (Å²) < 4.78 is 1.65. The molecule has 1 aromatic rings. The summed E-state index contributed by atoms with van der Waals surface area (Å²) in [4.78, 5) is 13.1. The van der Waals surface area contributed by atoms with Crippen molar-refractivity contribution in [3.8, 4) is 0 Å². The van der Waals surface area contributed by atoms with Gasteiger partial charge in [-0.3, -0.25) is 9.48 Å². The van der Waals surface area contributed by atoms with Crippen LogP contribution in [0.15, 0.2) is 6.07 Å². The topological polar surface area (TPSA) is 38.1 Å². The molecule has 0 N–H and O–H groups in total. The first-order valence-electron chi connectivity index (χ1n) is 5.50. The predicted molar refractivity (Wildman–Crippen MR) is 58.0 cm³/mol. The molecule has 0 saturated carbocycles. The second-order valence-corrected chi connectivity index (χ2v) is 4.10. The molecule has 0 atom stereocenters. The molecule has 0 amide bonds. The Labute approximate surface area is 89.9 Å². The number of hydrogen-bond donors (Lipinski definition) is 0. The van der Waals surface area contributed by atoms with Gasteiger partial charge in [-0.1, -0.05) is 0 Å². The Morgan fingerprint density at radius 1 is 1.47 bits per heavy atom. The first-order valence-corrected chi connectivity index (χ1v) is 5.50. The lowest BCUT2D eigenvalue weighted by Gasteiger charge is -2.12. The van der Waals surface area contributed by atoms with Crippen LogP contribution >= 0.6 is 0 Å². The highest BCUT2D eigenvalue weighted by atomic mass is 16.1. The highest BCUT2D eigenvalue weighted by molar-refractivity contribution is 5.72. The SMILES string of the molecule is Cn1nc(CCN2CCCC2)cc1C=O. The van der Waals surface area contributed by atoms with Gasteiger partial charge in [-0.2, -0.15) is 5.10 Å². The number of aryl methyl sites for hydroxylation is 1. The molecule has 0 aromatic carbocycles. The van der Waals surface area contributed by atoms with E-state index in [0.29, 0.717) is 5.69 Å². The third-order valence-corrected chi connectivity index (χ3v) is 2.97. The number of aldehydes is 1. The predicted octanol–water partition coefficient (Wildman–Crippen LogP) is 0.871. The van der Waals surface area contributed by atoms with Crippen LogP contribution in [0.1, 0.15) is 29.0 Å². The van der Waals surface area contributed by atoms with Crippen LogP contribution in [-0.2, 0) is 13.5 Å². The van der Waals surface area contributed by atoms with E-state index in [4.69, 9.17) is 0 Å². The van der Waals surface area contributed by atoms with Crippen molar-refractivity contribution in [2.75, 3.05) is 19.6 Å². The lowest BCUT2D eigenvalue weighted by atomic mass is 10.3. The molecular weight excluding hydrogens is 190 g/mol. The molecule has 1 aromatic heterocycles. The van der Waals surface area contributed by atoms with Gasteiger partial charge in [0.15, 0.2) is 6.29 Å². The first-order chi connectivity index (χ1) is 7.29. The fourth-order valence-corrected chi connectivity index (χ4v) is 2.05. The summed E-state index contributed by atoms with van der Waals surface area (Å²) in [6.45, 7) is 3.50. The monoisotopic (exact) mass is 207 g/mol. The molecule has 82 valence electrons. The minimum absolute atomic E-state index is 0.659. The Kier molecular flexibility index (Phi) is 3.16. The largest absolute Gasteiger partial charge is 0.303 e. The Morgan fingerprint density at radius 3 is 2.80 bits per heavy atom. The summed E-state index contributed by atoms with van der Waals surface area (Å²) in [5, 5.41) is 4.30. The van der Waals surface area contributed by atoms with Crippen molar-refractivity contribution in [1.29, 1.82) is 0 Å². The average Bonchev–Trinajstić information content (AvgIpc) is 2.83. The molecule has 0 bridgehead atoms. The van der Waals surface area contributed by atoms with E-state index in [1.54, 1.807) is 4.68 Å². The fraction of sp³-hybridized carbons (Fsp3) is 0.636. The lowest BCUT2D eigenvalue weighted by molar-refractivity contribution is 0.111. The molecule has 2 rings (SSSR count). The van der Waals surface area contributed by atoms with Gasteiger partial charge in [0.2, 0.25) is 0 Å². The van der Waals surface area contributed by atoms with E-state index in [2.05, 4.69) is 10.00 Å². The van der Waals surface area contributed by atoms with Crippen molar-refractivity contribution in [1.82, 2.24) is 14.7 Å². The minimum atomic E-state index is 0.659. The highest BCUT2D eigenvalue weighted by Crippen LogP contribution is 2.09. The second-order valence-electron chi connectivity index (χ2n) is 4.10. The van der Waals surface area contributed by atoms with Gasteiger partial charge in [-0.05, 0) is 32.0 Å². The maximum Gasteiger partial charge on any atom is 0.168 e. The maximum atomic E-state index is 10.6. The first kappa shape index (κ1) is 10.4. The molecule has 2 heterocycles. The van der Waals surface area contributed by atoms with Crippen LogP contribution in [0.25, 0.3) is 0 Å². The number of rotatable bonds is 4. The van der Waals surface area contributed by atoms with Crippen LogP contribution in [0.4, 0.5) is 0 Å². The van der Waals surface area contributed by atoms with Crippen molar-refractivity contribution in [3.05, 3.63) is 17.5 Å². The normalized spacial score (nSPS) is 17.1. The molecule has 1 aliphatic rings. The van der Waals surface area contributed by atoms with Crippen LogP contribution in [0, 0.1) is 0 Å². The molecular formula is C11H17N3O. The van der Waals surface area contributed by atoms with Gasteiger partial charge in [0.25, 0.3) is 0 Å². The smallest absolute Gasteiger partial charge is 0.168 e. The number of nitrogens with zero attached hydrogens (tertiary/aromatic N) is 3. The summed E-state index contributed by atoms with van der Waals surface area (Å²) in [5.41, 5.74) is 1.68. The van der Waals surface area contributed by atoms with Crippen LogP contribution in [-0.4, -0.2) is 40.6 Å². The highest BCUT2D eigenvalue weighted by Gasteiger charge is 2.12. The van der Waals surface area contributed by atoms with E-state index in [0.717, 1.165) is 24.9 Å². The van der Waals surface area contributed by atoms with Gasteiger partial charge < -0.3 is 4.90 Å². The Hall–Kier alpha value is -1.16. The van der Waals surface area contributed by atoms with E-state index in [1.807, 2.05) is 13.1 Å². The van der Waals surface area contributed by atoms with Gasteiger partial charge in [0, 0.05) is 20.0 Å². The molecule has 0 unspecified atom stereocenters. The van der Waals surface area contributed by atoms with Gasteiger partial charge in [0.05, 0.1) is 5.69 Å². The summed E-state index contributed by atoms with van der Waals surface area (Å²) in [5.74, 6) is 0. The van der Waals surface area contributed by atoms with Crippen molar-refractivity contribution in [2.24, 2.45) is 7.05 Å². The quantitative estimate of drug-likeness (QED) is 0.688. The molecule has 0 spiro atoms. The number of carbonyl (C=O) groups is 1. The summed E-state index contributed by atoms with van der Waals surface area (Å²) in [6.07, 6.45) is 4.44. The number of likely N-dealkylation sites (tertiary alicyclic amines) is 1. The van der Waals surface area contributed by atoms with Gasteiger partial charge in [0.1, 0.15) is 5.69 Å². The number of hydrogen-bond acceptors (Lipinski definition) is 3. The van der Waals surface area contributed by atoms with Crippen LogP contribution in [0.5, 0.6) is 0 Å². The van der Waals surface area contributed by atoms with Crippen LogP contribution in [0.2, 0.25) is 0 Å². The Bertz CT molecular complexity index is 340. The van der Waals surface area contributed by atoms with Gasteiger partial charge >= 0.3 is 0 Å². The van der Waals surface area contributed by atoms with E-state index in [-0.39, 0.29) is 0 Å². The summed E-state index contributed by atoms with van der Waals surface area (Å²) in [7, 11) is 1.81. The Balaban J connectivity index is 1.89. The zero-order valence-corrected chi connectivity index (χ0v) is 9.15. The van der Waals surface area contributed by atoms with Gasteiger partial charge in [-0.15, -0.1) is 0 Å². The molecule has 4 nitrogen and oxygen atoms in total. The van der Waals surface area contributed by atoms with Crippen molar-refractivity contribution in [3.63, 3.8) is 0 Å². The maximum absolute atomic E-state index is 10.6. The minimum Gasteiger partial charge on any atom is -0.303 e. The number of carbonyl (C=O) groups excluding carboxylic acids is 1. The van der Waals surface area contributed by atoms with E-state index in [9.17, 15) is 4.79 Å². The molecule has 0 aliphatic carbocycles. The third-order valence-electron chi connectivity index (χ3n) is 2.97. The molecule has 0 radical (unpaired) electrons. The summed E-state index contributed by atoms with van der Waals surface area (Å²) >= 11 is 0. The molecule has 4 heteroatoms.